The Morgan fingerprint density at radius 3 is 2.67 bits per heavy atom. The predicted octanol–water partition coefficient (Wildman–Crippen LogP) is 5.20. The van der Waals surface area contributed by atoms with Crippen LogP contribution in [-0.4, -0.2) is 6.04 Å². The standard InChI is InChI=1S/C16H16Cl2FNO/c1-2-12(20)9-10-8-11(19)6-7-14(10)21-15-5-3-4-13(17)16(15)18/h3-8,12H,2,9,20H2,1H3. The number of hydrogen-bond donors (Lipinski definition) is 1. The first kappa shape index (κ1) is 16.1. The zero-order chi connectivity index (χ0) is 15.4. The molecule has 0 heterocycles. The molecule has 0 fully saturated rings. The predicted molar refractivity (Wildman–Crippen MR) is 84.9 cm³/mol. The second-order valence-electron chi connectivity index (χ2n) is 4.78. The molecule has 5 heteroatoms. The molecule has 112 valence electrons. The molecular formula is C16H16Cl2FNO. The Morgan fingerprint density at radius 1 is 1.19 bits per heavy atom. The maximum absolute atomic E-state index is 13.4. The fraction of sp³-hybridized carbons (Fsp3) is 0.250. The molecule has 2 rings (SSSR count). The Morgan fingerprint density at radius 2 is 1.95 bits per heavy atom. The van der Waals surface area contributed by atoms with E-state index < -0.39 is 0 Å². The van der Waals surface area contributed by atoms with E-state index in [-0.39, 0.29) is 11.9 Å². The molecule has 0 saturated carbocycles. The number of halogens is 3. The Hall–Kier alpha value is -1.29. The van der Waals surface area contributed by atoms with Gasteiger partial charge in [0.2, 0.25) is 0 Å². The van der Waals surface area contributed by atoms with Crippen molar-refractivity contribution in [2.75, 3.05) is 0 Å². The van der Waals surface area contributed by atoms with Gasteiger partial charge in [-0.25, -0.2) is 4.39 Å². The van der Waals surface area contributed by atoms with E-state index in [9.17, 15) is 4.39 Å². The first-order valence-corrected chi connectivity index (χ1v) is 7.42. The van der Waals surface area contributed by atoms with Gasteiger partial charge in [-0.3, -0.25) is 0 Å². The fourth-order valence-corrected chi connectivity index (χ4v) is 2.25. The molecule has 0 aromatic heterocycles. The molecule has 2 aromatic carbocycles. The van der Waals surface area contributed by atoms with Crippen molar-refractivity contribution in [3.05, 3.63) is 57.8 Å². The molecule has 0 aliphatic heterocycles. The van der Waals surface area contributed by atoms with Crippen molar-refractivity contribution in [2.24, 2.45) is 5.73 Å². The monoisotopic (exact) mass is 327 g/mol. The quantitative estimate of drug-likeness (QED) is 0.818. The summed E-state index contributed by atoms with van der Waals surface area (Å²) in [5.41, 5.74) is 6.65. The molecule has 0 radical (unpaired) electrons. The van der Waals surface area contributed by atoms with Gasteiger partial charge in [-0.2, -0.15) is 0 Å². The third kappa shape index (κ3) is 4.10. The van der Waals surface area contributed by atoms with E-state index >= 15 is 0 Å². The van der Waals surface area contributed by atoms with Crippen molar-refractivity contribution in [2.45, 2.75) is 25.8 Å². The first-order valence-electron chi connectivity index (χ1n) is 6.67. The summed E-state index contributed by atoms with van der Waals surface area (Å²) in [5.74, 6) is 0.643. The molecule has 0 aliphatic rings. The van der Waals surface area contributed by atoms with Gasteiger partial charge in [0.25, 0.3) is 0 Å². The van der Waals surface area contributed by atoms with Crippen LogP contribution in [0.2, 0.25) is 10.0 Å². The Bertz CT molecular complexity index is 634. The number of hydrogen-bond acceptors (Lipinski definition) is 2. The second kappa shape index (κ2) is 7.12. The van der Waals surface area contributed by atoms with Gasteiger partial charge in [-0.05, 0) is 48.7 Å². The summed E-state index contributed by atoms with van der Waals surface area (Å²) < 4.78 is 19.2. The second-order valence-corrected chi connectivity index (χ2v) is 5.56. The van der Waals surface area contributed by atoms with E-state index in [2.05, 4.69) is 0 Å². The molecule has 1 atom stereocenters. The minimum absolute atomic E-state index is 0.0519. The van der Waals surface area contributed by atoms with E-state index in [0.29, 0.717) is 33.5 Å². The van der Waals surface area contributed by atoms with Gasteiger partial charge >= 0.3 is 0 Å². The minimum Gasteiger partial charge on any atom is -0.455 e. The minimum atomic E-state index is -0.321. The number of nitrogens with two attached hydrogens (primary N) is 1. The summed E-state index contributed by atoms with van der Waals surface area (Å²) in [7, 11) is 0. The van der Waals surface area contributed by atoms with Crippen molar-refractivity contribution in [1.82, 2.24) is 0 Å². The van der Waals surface area contributed by atoms with Gasteiger partial charge in [0, 0.05) is 6.04 Å². The summed E-state index contributed by atoms with van der Waals surface area (Å²) in [6, 6.07) is 9.42. The molecule has 2 aromatic rings. The van der Waals surface area contributed by atoms with Gasteiger partial charge in [-0.15, -0.1) is 0 Å². The zero-order valence-corrected chi connectivity index (χ0v) is 13.1. The summed E-state index contributed by atoms with van der Waals surface area (Å²) in [6.07, 6.45) is 1.33. The molecule has 0 spiro atoms. The number of ether oxygens (including phenoxy) is 1. The van der Waals surface area contributed by atoms with Crippen molar-refractivity contribution in [3.8, 4) is 11.5 Å². The van der Waals surface area contributed by atoms with Crippen molar-refractivity contribution in [1.29, 1.82) is 0 Å². The van der Waals surface area contributed by atoms with Crippen LogP contribution >= 0.6 is 23.2 Å². The zero-order valence-electron chi connectivity index (χ0n) is 11.6. The number of benzene rings is 2. The maximum Gasteiger partial charge on any atom is 0.147 e. The average molecular weight is 328 g/mol. The van der Waals surface area contributed by atoms with Crippen LogP contribution in [0.15, 0.2) is 36.4 Å². The van der Waals surface area contributed by atoms with Crippen LogP contribution in [-0.2, 0) is 6.42 Å². The highest BCUT2D eigenvalue weighted by atomic mass is 35.5. The van der Waals surface area contributed by atoms with Crippen molar-refractivity contribution in [3.63, 3.8) is 0 Å². The van der Waals surface area contributed by atoms with E-state index in [4.69, 9.17) is 33.7 Å². The lowest BCUT2D eigenvalue weighted by molar-refractivity contribution is 0.469. The molecular weight excluding hydrogens is 312 g/mol. The smallest absolute Gasteiger partial charge is 0.147 e. The molecule has 0 bridgehead atoms. The van der Waals surface area contributed by atoms with E-state index in [1.54, 1.807) is 24.3 Å². The van der Waals surface area contributed by atoms with Crippen LogP contribution < -0.4 is 10.5 Å². The summed E-state index contributed by atoms with van der Waals surface area (Å²) in [4.78, 5) is 0. The van der Waals surface area contributed by atoms with Gasteiger partial charge in [-0.1, -0.05) is 36.2 Å². The first-order chi connectivity index (χ1) is 10.0. The number of rotatable bonds is 5. The average Bonchev–Trinajstić information content (AvgIpc) is 2.46. The van der Waals surface area contributed by atoms with Crippen LogP contribution in [0.4, 0.5) is 4.39 Å². The normalized spacial score (nSPS) is 12.2. The Labute approximate surface area is 133 Å². The van der Waals surface area contributed by atoms with Crippen molar-refractivity contribution < 1.29 is 9.13 Å². The van der Waals surface area contributed by atoms with E-state index in [1.165, 1.54) is 12.1 Å². The van der Waals surface area contributed by atoms with E-state index in [1.807, 2.05) is 6.92 Å². The summed E-state index contributed by atoms with van der Waals surface area (Å²) >= 11 is 12.1. The van der Waals surface area contributed by atoms with E-state index in [0.717, 1.165) is 6.42 Å². The van der Waals surface area contributed by atoms with Crippen LogP contribution in [0.1, 0.15) is 18.9 Å². The largest absolute Gasteiger partial charge is 0.455 e. The lowest BCUT2D eigenvalue weighted by Gasteiger charge is -2.15. The Balaban J connectivity index is 2.33. The highest BCUT2D eigenvalue weighted by Gasteiger charge is 2.12. The fourth-order valence-electron chi connectivity index (χ4n) is 1.92. The van der Waals surface area contributed by atoms with Crippen LogP contribution in [0.3, 0.4) is 0 Å². The Kier molecular flexibility index (Phi) is 5.45. The molecule has 2 nitrogen and oxygen atoms in total. The molecule has 0 saturated heterocycles. The molecule has 0 aliphatic carbocycles. The van der Waals surface area contributed by atoms with Gasteiger partial charge in [0.1, 0.15) is 22.3 Å². The molecule has 21 heavy (non-hydrogen) atoms. The van der Waals surface area contributed by atoms with Crippen LogP contribution in [0.25, 0.3) is 0 Å². The molecule has 0 amide bonds. The topological polar surface area (TPSA) is 35.2 Å². The van der Waals surface area contributed by atoms with Crippen molar-refractivity contribution >= 4 is 23.2 Å². The third-order valence-corrected chi connectivity index (χ3v) is 3.97. The van der Waals surface area contributed by atoms with Crippen LogP contribution in [0, 0.1) is 5.82 Å². The summed E-state index contributed by atoms with van der Waals surface area (Å²) in [5, 5.41) is 0.734. The maximum atomic E-state index is 13.4. The highest BCUT2D eigenvalue weighted by molar-refractivity contribution is 6.42. The van der Waals surface area contributed by atoms with Crippen LogP contribution in [0.5, 0.6) is 11.5 Å². The summed E-state index contributed by atoms with van der Waals surface area (Å²) in [6.45, 7) is 1.98. The SMILES string of the molecule is CCC(N)Cc1cc(F)ccc1Oc1cccc(Cl)c1Cl. The molecule has 1 unspecified atom stereocenters. The highest BCUT2D eigenvalue weighted by Crippen LogP contribution is 2.36. The lowest BCUT2D eigenvalue weighted by Crippen LogP contribution is -2.21. The lowest BCUT2D eigenvalue weighted by atomic mass is 10.0. The van der Waals surface area contributed by atoms with Gasteiger partial charge in [0.15, 0.2) is 0 Å². The van der Waals surface area contributed by atoms with Gasteiger partial charge < -0.3 is 10.5 Å². The third-order valence-electron chi connectivity index (χ3n) is 3.17. The molecule has 2 N–H and O–H groups in total. The van der Waals surface area contributed by atoms with Gasteiger partial charge in [0.05, 0.1) is 5.02 Å².